The summed E-state index contributed by atoms with van der Waals surface area (Å²) in [5.41, 5.74) is -0.981. The lowest BCUT2D eigenvalue weighted by molar-refractivity contribution is -0.136. The van der Waals surface area contributed by atoms with Crippen molar-refractivity contribution in [3.05, 3.63) is 27.3 Å². The van der Waals surface area contributed by atoms with Gasteiger partial charge in [-0.05, 0) is 28.1 Å². The molecule has 15 heavy (non-hydrogen) atoms. The molecule has 0 radical (unpaired) electrons. The van der Waals surface area contributed by atoms with Crippen molar-refractivity contribution in [1.82, 2.24) is 10.2 Å². The molecule has 0 saturated carbocycles. The van der Waals surface area contributed by atoms with Crippen LogP contribution >= 0.6 is 27.5 Å². The number of benzene rings is 1. The lowest BCUT2D eigenvalue weighted by Crippen LogP contribution is -2.05. The van der Waals surface area contributed by atoms with Gasteiger partial charge >= 0.3 is 6.18 Å². The Morgan fingerprint density at radius 3 is 2.60 bits per heavy atom. The van der Waals surface area contributed by atoms with Crippen molar-refractivity contribution >= 4 is 38.4 Å². The predicted octanol–water partition coefficient (Wildman–Crippen LogP) is 4.00. The number of rotatable bonds is 0. The number of halogens is 5. The Hall–Kier alpha value is -0.750. The molecule has 2 nitrogen and oxygen atoms in total. The minimum atomic E-state index is -4.43. The van der Waals surface area contributed by atoms with Crippen molar-refractivity contribution in [1.29, 1.82) is 0 Å². The van der Waals surface area contributed by atoms with Crippen LogP contribution in [0.25, 0.3) is 10.9 Å². The van der Waals surface area contributed by atoms with Gasteiger partial charge in [-0.2, -0.15) is 18.3 Å². The average Bonchev–Trinajstić information content (AvgIpc) is 2.47. The van der Waals surface area contributed by atoms with Crippen LogP contribution in [0.2, 0.25) is 5.15 Å². The molecule has 0 aliphatic carbocycles. The van der Waals surface area contributed by atoms with Gasteiger partial charge in [0, 0.05) is 4.47 Å². The number of fused-ring (bicyclic) bond motifs is 1. The van der Waals surface area contributed by atoms with E-state index in [1.807, 2.05) is 0 Å². The van der Waals surface area contributed by atoms with Crippen LogP contribution in [-0.4, -0.2) is 10.2 Å². The quantitative estimate of drug-likeness (QED) is 0.782. The molecule has 2 rings (SSSR count). The largest absolute Gasteiger partial charge is 0.418 e. The van der Waals surface area contributed by atoms with E-state index >= 15 is 0 Å². The third kappa shape index (κ3) is 1.72. The molecule has 7 heteroatoms. The van der Waals surface area contributed by atoms with Crippen molar-refractivity contribution in [3.63, 3.8) is 0 Å². The highest BCUT2D eigenvalue weighted by Gasteiger charge is 2.34. The van der Waals surface area contributed by atoms with Crippen LogP contribution in [0.1, 0.15) is 5.56 Å². The van der Waals surface area contributed by atoms with Crippen LogP contribution in [0.5, 0.6) is 0 Å². The van der Waals surface area contributed by atoms with Crippen molar-refractivity contribution in [2.24, 2.45) is 0 Å². The average molecular weight is 299 g/mol. The lowest BCUT2D eigenvalue weighted by Gasteiger charge is -2.07. The Labute approximate surface area is 95.5 Å². The smallest absolute Gasteiger partial charge is 0.266 e. The first-order chi connectivity index (χ1) is 6.91. The second-order valence-electron chi connectivity index (χ2n) is 2.85. The monoisotopic (exact) mass is 298 g/mol. The maximum absolute atomic E-state index is 12.5. The molecular weight excluding hydrogens is 296 g/mol. The topological polar surface area (TPSA) is 28.7 Å². The van der Waals surface area contributed by atoms with Gasteiger partial charge in [-0.25, -0.2) is 0 Å². The van der Waals surface area contributed by atoms with Crippen LogP contribution in [0.4, 0.5) is 13.2 Å². The minimum Gasteiger partial charge on any atom is -0.266 e. The summed E-state index contributed by atoms with van der Waals surface area (Å²) in [5.74, 6) is 0. The van der Waals surface area contributed by atoms with E-state index < -0.39 is 11.7 Å². The zero-order chi connectivity index (χ0) is 11.2. The highest BCUT2D eigenvalue weighted by molar-refractivity contribution is 9.10. The maximum atomic E-state index is 12.5. The van der Waals surface area contributed by atoms with Crippen molar-refractivity contribution < 1.29 is 13.2 Å². The van der Waals surface area contributed by atoms with Crippen LogP contribution in [0.3, 0.4) is 0 Å². The maximum Gasteiger partial charge on any atom is 0.418 e. The number of hydrogen-bond donors (Lipinski definition) is 1. The van der Waals surface area contributed by atoms with Crippen LogP contribution in [0, 0.1) is 0 Å². The van der Waals surface area contributed by atoms with E-state index in [0.717, 1.165) is 6.07 Å². The van der Waals surface area contributed by atoms with E-state index in [1.54, 1.807) is 0 Å². The zero-order valence-electron chi connectivity index (χ0n) is 6.99. The SMILES string of the molecule is FC(F)(F)c1ccc(Br)c2c(Cl)[nH]nc12. The first-order valence-electron chi connectivity index (χ1n) is 3.80. The second kappa shape index (κ2) is 3.38. The molecule has 2 aromatic rings. The van der Waals surface area contributed by atoms with Crippen LogP contribution < -0.4 is 0 Å². The molecule has 0 saturated heterocycles. The number of nitrogens with zero attached hydrogens (tertiary/aromatic N) is 1. The van der Waals surface area contributed by atoms with Crippen LogP contribution in [0.15, 0.2) is 16.6 Å². The minimum absolute atomic E-state index is 0.0861. The van der Waals surface area contributed by atoms with E-state index in [-0.39, 0.29) is 16.1 Å². The molecule has 0 atom stereocenters. The molecule has 1 heterocycles. The van der Waals surface area contributed by atoms with Crippen molar-refractivity contribution in [3.8, 4) is 0 Å². The number of nitrogens with one attached hydrogen (secondary N) is 1. The van der Waals surface area contributed by atoms with E-state index in [2.05, 4.69) is 26.1 Å². The van der Waals surface area contributed by atoms with E-state index in [9.17, 15) is 13.2 Å². The molecule has 0 spiro atoms. The predicted molar refractivity (Wildman–Crippen MR) is 53.8 cm³/mol. The highest BCUT2D eigenvalue weighted by Crippen LogP contribution is 2.38. The van der Waals surface area contributed by atoms with Crippen LogP contribution in [-0.2, 0) is 6.18 Å². The summed E-state index contributed by atoms with van der Waals surface area (Å²) in [6, 6.07) is 2.26. The fourth-order valence-electron chi connectivity index (χ4n) is 1.28. The van der Waals surface area contributed by atoms with Crippen molar-refractivity contribution in [2.75, 3.05) is 0 Å². The number of hydrogen-bond acceptors (Lipinski definition) is 1. The molecule has 1 aromatic carbocycles. The Kier molecular flexibility index (Phi) is 2.42. The number of aromatic nitrogens is 2. The molecule has 1 aromatic heterocycles. The zero-order valence-corrected chi connectivity index (χ0v) is 9.33. The van der Waals surface area contributed by atoms with Gasteiger partial charge in [0.05, 0.1) is 10.9 Å². The van der Waals surface area contributed by atoms with Gasteiger partial charge in [0.1, 0.15) is 10.7 Å². The molecule has 0 aliphatic rings. The summed E-state index contributed by atoms with van der Waals surface area (Å²) in [5, 5.41) is 6.18. The van der Waals surface area contributed by atoms with Gasteiger partial charge in [0.2, 0.25) is 0 Å². The van der Waals surface area contributed by atoms with E-state index in [1.165, 1.54) is 6.07 Å². The summed E-state index contributed by atoms with van der Waals surface area (Å²) in [6.45, 7) is 0. The Morgan fingerprint density at radius 2 is 2.00 bits per heavy atom. The van der Waals surface area contributed by atoms with Gasteiger partial charge in [-0.1, -0.05) is 11.6 Å². The molecule has 0 unspecified atom stereocenters. The Bertz CT molecular complexity index is 520. The summed E-state index contributed by atoms with van der Waals surface area (Å²) >= 11 is 8.80. The van der Waals surface area contributed by atoms with Gasteiger partial charge in [-0.3, -0.25) is 5.10 Å². The van der Waals surface area contributed by atoms with E-state index in [4.69, 9.17) is 11.6 Å². The number of H-pyrrole nitrogens is 1. The molecule has 0 fully saturated rings. The Morgan fingerprint density at radius 1 is 1.33 bits per heavy atom. The van der Waals surface area contributed by atoms with E-state index in [0.29, 0.717) is 4.47 Å². The third-order valence-electron chi connectivity index (χ3n) is 1.92. The highest BCUT2D eigenvalue weighted by atomic mass is 79.9. The first kappa shape index (κ1) is 10.8. The summed E-state index contributed by atoms with van der Waals surface area (Å²) < 4.78 is 38.1. The summed E-state index contributed by atoms with van der Waals surface area (Å²) in [4.78, 5) is 0. The fourth-order valence-corrected chi connectivity index (χ4v) is 2.15. The molecule has 0 bridgehead atoms. The summed E-state index contributed by atoms with van der Waals surface area (Å²) in [7, 11) is 0. The van der Waals surface area contributed by atoms with Crippen molar-refractivity contribution in [2.45, 2.75) is 6.18 Å². The summed E-state index contributed by atoms with van der Waals surface area (Å²) in [6.07, 6.45) is -4.43. The molecule has 1 N–H and O–H groups in total. The Balaban J connectivity index is 2.85. The third-order valence-corrected chi connectivity index (χ3v) is 2.85. The number of aromatic amines is 1. The lowest BCUT2D eigenvalue weighted by atomic mass is 10.1. The number of alkyl halides is 3. The van der Waals surface area contributed by atoms with Gasteiger partial charge in [-0.15, -0.1) is 0 Å². The fraction of sp³-hybridized carbons (Fsp3) is 0.125. The second-order valence-corrected chi connectivity index (χ2v) is 4.09. The molecule has 0 amide bonds. The molecule has 0 aliphatic heterocycles. The van der Waals surface area contributed by atoms with Gasteiger partial charge < -0.3 is 0 Å². The van der Waals surface area contributed by atoms with Gasteiger partial charge in [0.25, 0.3) is 0 Å². The first-order valence-corrected chi connectivity index (χ1v) is 4.97. The van der Waals surface area contributed by atoms with Gasteiger partial charge in [0.15, 0.2) is 0 Å². The normalized spacial score (nSPS) is 12.3. The standard InChI is InChI=1S/C8H3BrClF3N2/c9-4-2-1-3(8(11,12)13)6-5(4)7(10)15-14-6/h1-2H,(H,14,15). The molecular formula is C8H3BrClF3N2. The molecule has 80 valence electrons.